The van der Waals surface area contributed by atoms with Crippen LogP contribution in [0.15, 0.2) is 18.2 Å². The Labute approximate surface area is 124 Å². The zero-order valence-electron chi connectivity index (χ0n) is 12.5. The maximum Gasteiger partial charge on any atom is 0.306 e. The SMILES string of the molecule is CCOC(=O)C[C@H]1CCCC(=O)[C@@H]1c1ccc(C)c(F)c1. The number of Topliss-reactive ketones (excluding diaryl/α,β-unsaturated/α-hetero) is 1. The summed E-state index contributed by atoms with van der Waals surface area (Å²) in [5, 5.41) is 0. The minimum atomic E-state index is -0.391. The van der Waals surface area contributed by atoms with Crippen LogP contribution in [0, 0.1) is 18.7 Å². The van der Waals surface area contributed by atoms with Gasteiger partial charge in [-0.2, -0.15) is 0 Å². The molecule has 0 saturated heterocycles. The first-order valence-electron chi connectivity index (χ1n) is 7.47. The summed E-state index contributed by atoms with van der Waals surface area (Å²) in [7, 11) is 0. The monoisotopic (exact) mass is 292 g/mol. The smallest absolute Gasteiger partial charge is 0.306 e. The Balaban J connectivity index is 2.23. The fraction of sp³-hybridized carbons (Fsp3) is 0.529. The standard InChI is InChI=1S/C17H21FO3/c1-3-21-16(20)10-12-5-4-6-15(19)17(12)13-8-7-11(2)14(18)9-13/h7-9,12,17H,3-6,10H2,1-2H3/t12-,17+/m1/s1. The number of hydrogen-bond acceptors (Lipinski definition) is 3. The lowest BCUT2D eigenvalue weighted by molar-refractivity contribution is -0.144. The van der Waals surface area contributed by atoms with E-state index in [1.54, 1.807) is 26.0 Å². The second-order valence-electron chi connectivity index (χ2n) is 5.61. The number of halogens is 1. The summed E-state index contributed by atoms with van der Waals surface area (Å²) < 4.78 is 18.8. The van der Waals surface area contributed by atoms with E-state index in [0.29, 0.717) is 24.2 Å². The van der Waals surface area contributed by atoms with E-state index in [0.717, 1.165) is 12.8 Å². The van der Waals surface area contributed by atoms with Crippen molar-refractivity contribution in [2.45, 2.75) is 45.4 Å². The average molecular weight is 292 g/mol. The Kier molecular flexibility index (Phi) is 5.10. The molecule has 0 bridgehead atoms. The van der Waals surface area contributed by atoms with Crippen LogP contribution < -0.4 is 0 Å². The van der Waals surface area contributed by atoms with Crippen LogP contribution in [-0.4, -0.2) is 18.4 Å². The number of rotatable bonds is 4. The lowest BCUT2D eigenvalue weighted by Gasteiger charge is -2.30. The summed E-state index contributed by atoms with van der Waals surface area (Å²) in [6.45, 7) is 3.79. The first-order chi connectivity index (χ1) is 10.0. The highest BCUT2D eigenvalue weighted by molar-refractivity contribution is 5.87. The molecule has 4 heteroatoms. The van der Waals surface area contributed by atoms with Crippen LogP contribution >= 0.6 is 0 Å². The van der Waals surface area contributed by atoms with Gasteiger partial charge in [-0.1, -0.05) is 12.1 Å². The van der Waals surface area contributed by atoms with Crippen molar-refractivity contribution in [1.82, 2.24) is 0 Å². The molecule has 1 aliphatic rings. The molecule has 0 spiro atoms. The van der Waals surface area contributed by atoms with E-state index in [1.807, 2.05) is 0 Å². The fourth-order valence-corrected chi connectivity index (χ4v) is 3.04. The summed E-state index contributed by atoms with van der Waals surface area (Å²) in [5.74, 6) is -0.972. The highest BCUT2D eigenvalue weighted by Crippen LogP contribution is 2.38. The Hall–Kier alpha value is -1.71. The van der Waals surface area contributed by atoms with Crippen molar-refractivity contribution in [3.63, 3.8) is 0 Å². The second kappa shape index (κ2) is 6.83. The average Bonchev–Trinajstić information content (AvgIpc) is 2.43. The van der Waals surface area contributed by atoms with E-state index < -0.39 is 5.92 Å². The number of benzene rings is 1. The summed E-state index contributed by atoms with van der Waals surface area (Å²) in [6.07, 6.45) is 2.30. The zero-order valence-corrected chi connectivity index (χ0v) is 12.5. The number of ketones is 1. The number of esters is 1. The minimum absolute atomic E-state index is 0.0904. The maximum atomic E-state index is 13.8. The number of aryl methyl sites for hydroxylation is 1. The predicted molar refractivity (Wildman–Crippen MR) is 77.5 cm³/mol. The molecule has 1 aromatic carbocycles. The van der Waals surface area contributed by atoms with Gasteiger partial charge in [-0.15, -0.1) is 0 Å². The molecule has 1 aromatic rings. The van der Waals surface area contributed by atoms with Crippen LogP contribution in [0.1, 0.15) is 49.7 Å². The minimum Gasteiger partial charge on any atom is -0.466 e. The van der Waals surface area contributed by atoms with Gasteiger partial charge in [-0.05, 0) is 49.8 Å². The number of hydrogen-bond donors (Lipinski definition) is 0. The van der Waals surface area contributed by atoms with Gasteiger partial charge in [0, 0.05) is 18.8 Å². The van der Waals surface area contributed by atoms with Crippen LogP contribution in [0.5, 0.6) is 0 Å². The largest absolute Gasteiger partial charge is 0.466 e. The van der Waals surface area contributed by atoms with Gasteiger partial charge in [-0.3, -0.25) is 9.59 Å². The summed E-state index contributed by atoms with van der Waals surface area (Å²) >= 11 is 0. The van der Waals surface area contributed by atoms with E-state index in [2.05, 4.69) is 0 Å². The number of carbonyl (C=O) groups is 2. The van der Waals surface area contributed by atoms with Crippen molar-refractivity contribution in [3.8, 4) is 0 Å². The van der Waals surface area contributed by atoms with E-state index in [9.17, 15) is 14.0 Å². The van der Waals surface area contributed by atoms with Crippen molar-refractivity contribution in [2.75, 3.05) is 6.61 Å². The number of carbonyl (C=O) groups excluding carboxylic acids is 2. The molecule has 1 aliphatic carbocycles. The topological polar surface area (TPSA) is 43.4 Å². The number of ether oxygens (including phenoxy) is 1. The van der Waals surface area contributed by atoms with Crippen molar-refractivity contribution in [3.05, 3.63) is 35.1 Å². The van der Waals surface area contributed by atoms with Crippen LogP contribution in [0.3, 0.4) is 0 Å². The molecule has 1 saturated carbocycles. The Morgan fingerprint density at radius 1 is 1.43 bits per heavy atom. The van der Waals surface area contributed by atoms with Gasteiger partial charge in [0.1, 0.15) is 11.6 Å². The van der Waals surface area contributed by atoms with E-state index in [4.69, 9.17) is 4.74 Å². The zero-order chi connectivity index (χ0) is 15.4. The molecule has 2 atom stereocenters. The molecule has 0 radical (unpaired) electrons. The molecular weight excluding hydrogens is 271 g/mol. The second-order valence-corrected chi connectivity index (χ2v) is 5.61. The lowest BCUT2D eigenvalue weighted by Crippen LogP contribution is -2.29. The molecule has 0 unspecified atom stereocenters. The summed E-state index contributed by atoms with van der Waals surface area (Å²) in [5.41, 5.74) is 1.24. The molecule has 0 heterocycles. The van der Waals surface area contributed by atoms with Crippen LogP contribution in [0.25, 0.3) is 0 Å². The summed E-state index contributed by atoms with van der Waals surface area (Å²) in [4.78, 5) is 24.0. The Morgan fingerprint density at radius 3 is 2.86 bits per heavy atom. The molecule has 1 fully saturated rings. The van der Waals surface area contributed by atoms with Gasteiger partial charge in [0.25, 0.3) is 0 Å². The molecule has 0 aromatic heterocycles. The highest BCUT2D eigenvalue weighted by Gasteiger charge is 2.34. The van der Waals surface area contributed by atoms with Crippen molar-refractivity contribution in [2.24, 2.45) is 5.92 Å². The lowest BCUT2D eigenvalue weighted by atomic mass is 9.73. The molecule has 114 valence electrons. The first-order valence-corrected chi connectivity index (χ1v) is 7.47. The van der Waals surface area contributed by atoms with Crippen LogP contribution in [0.4, 0.5) is 4.39 Å². The normalized spacial score (nSPS) is 22.1. The van der Waals surface area contributed by atoms with Crippen LogP contribution in [0.2, 0.25) is 0 Å². The van der Waals surface area contributed by atoms with Gasteiger partial charge >= 0.3 is 5.97 Å². The third-order valence-electron chi connectivity index (χ3n) is 4.11. The van der Waals surface area contributed by atoms with Gasteiger partial charge in [0.05, 0.1) is 6.61 Å². The molecule has 0 amide bonds. The van der Waals surface area contributed by atoms with Gasteiger partial charge in [-0.25, -0.2) is 4.39 Å². The van der Waals surface area contributed by atoms with E-state index in [-0.39, 0.29) is 29.9 Å². The van der Waals surface area contributed by atoms with Crippen molar-refractivity contribution in [1.29, 1.82) is 0 Å². The predicted octanol–water partition coefficient (Wildman–Crippen LogP) is 3.54. The Bertz CT molecular complexity index is 539. The maximum absolute atomic E-state index is 13.8. The van der Waals surface area contributed by atoms with Gasteiger partial charge in [0.2, 0.25) is 0 Å². The highest BCUT2D eigenvalue weighted by atomic mass is 19.1. The fourth-order valence-electron chi connectivity index (χ4n) is 3.04. The molecule has 0 N–H and O–H groups in total. The molecule has 21 heavy (non-hydrogen) atoms. The molecular formula is C17H21FO3. The third kappa shape index (κ3) is 3.69. The third-order valence-corrected chi connectivity index (χ3v) is 4.11. The molecule has 2 rings (SSSR count). The molecule has 0 aliphatic heterocycles. The van der Waals surface area contributed by atoms with Crippen molar-refractivity contribution >= 4 is 11.8 Å². The molecule has 3 nitrogen and oxygen atoms in total. The van der Waals surface area contributed by atoms with Gasteiger partial charge < -0.3 is 4.74 Å². The van der Waals surface area contributed by atoms with E-state index in [1.165, 1.54) is 6.07 Å². The first kappa shape index (κ1) is 15.7. The summed E-state index contributed by atoms with van der Waals surface area (Å²) in [6, 6.07) is 4.92. The van der Waals surface area contributed by atoms with E-state index >= 15 is 0 Å². The Morgan fingerprint density at radius 2 is 2.19 bits per heavy atom. The quantitative estimate of drug-likeness (QED) is 0.797. The van der Waals surface area contributed by atoms with Crippen LogP contribution in [-0.2, 0) is 14.3 Å². The van der Waals surface area contributed by atoms with Crippen molar-refractivity contribution < 1.29 is 18.7 Å². The van der Waals surface area contributed by atoms with Gasteiger partial charge in [0.15, 0.2) is 0 Å².